The van der Waals surface area contributed by atoms with E-state index < -0.39 is 0 Å². The first kappa shape index (κ1) is 22.6. The Labute approximate surface area is 224 Å². The Hall–Kier alpha value is -4.61. The van der Waals surface area contributed by atoms with Gasteiger partial charge in [0, 0.05) is 39.6 Å². The third-order valence-corrected chi connectivity index (χ3v) is 7.93. The third kappa shape index (κ3) is 4.07. The Kier molecular flexibility index (Phi) is 5.76. The summed E-state index contributed by atoms with van der Waals surface area (Å²) in [7, 11) is 0. The van der Waals surface area contributed by atoms with Gasteiger partial charge in [0.05, 0.1) is 17.2 Å². The Morgan fingerprint density at radius 2 is 1.29 bits per heavy atom. The molecule has 0 spiro atoms. The number of aromatic amines is 2. The molecule has 7 aromatic rings. The highest BCUT2D eigenvalue weighted by atomic mass is 32.1. The lowest BCUT2D eigenvalue weighted by Gasteiger charge is -2.15. The molecule has 4 aromatic carbocycles. The van der Waals surface area contributed by atoms with E-state index >= 15 is 0 Å². The zero-order chi connectivity index (χ0) is 25.3. The van der Waals surface area contributed by atoms with Crippen LogP contribution in [-0.4, -0.2) is 15.0 Å². The first-order valence-corrected chi connectivity index (χ1v) is 13.6. The van der Waals surface area contributed by atoms with Crippen molar-refractivity contribution in [2.24, 2.45) is 0 Å². The molecule has 0 saturated carbocycles. The van der Waals surface area contributed by atoms with Crippen molar-refractivity contribution in [2.45, 2.75) is 12.5 Å². The van der Waals surface area contributed by atoms with Gasteiger partial charge in [0.15, 0.2) is 0 Å². The lowest BCUT2D eigenvalue weighted by Crippen LogP contribution is -2.03. The van der Waals surface area contributed by atoms with Gasteiger partial charge in [-0.15, -0.1) is 11.3 Å². The molecule has 0 bridgehead atoms. The van der Waals surface area contributed by atoms with Gasteiger partial charge < -0.3 is 14.7 Å². The van der Waals surface area contributed by atoms with Crippen LogP contribution in [0.1, 0.15) is 28.3 Å². The van der Waals surface area contributed by atoms with Crippen LogP contribution in [-0.2, 0) is 6.61 Å². The number of nitrogens with zero attached hydrogens (tertiary/aromatic N) is 1. The van der Waals surface area contributed by atoms with Crippen molar-refractivity contribution >= 4 is 33.1 Å². The highest BCUT2D eigenvalue weighted by Crippen LogP contribution is 2.42. The number of hydrogen-bond acceptors (Lipinski definition) is 3. The third-order valence-electron chi connectivity index (χ3n) is 7.04. The maximum atomic E-state index is 6.26. The second kappa shape index (κ2) is 9.69. The molecule has 3 heterocycles. The monoisotopic (exact) mass is 511 g/mol. The first-order chi connectivity index (χ1) is 18.8. The number of hydrogen-bond donors (Lipinski definition) is 2. The average molecular weight is 512 g/mol. The fourth-order valence-electron chi connectivity index (χ4n) is 5.20. The highest BCUT2D eigenvalue weighted by molar-refractivity contribution is 7.13. The van der Waals surface area contributed by atoms with E-state index in [4.69, 9.17) is 9.72 Å². The zero-order valence-corrected chi connectivity index (χ0v) is 21.4. The van der Waals surface area contributed by atoms with Gasteiger partial charge in [-0.1, -0.05) is 78.9 Å². The van der Waals surface area contributed by atoms with E-state index in [1.54, 1.807) is 11.3 Å². The molecule has 0 amide bonds. The van der Waals surface area contributed by atoms with Gasteiger partial charge in [0.2, 0.25) is 0 Å². The summed E-state index contributed by atoms with van der Waals surface area (Å²) in [5, 5.41) is 5.57. The van der Waals surface area contributed by atoms with E-state index in [0.29, 0.717) is 6.61 Å². The van der Waals surface area contributed by atoms with Crippen LogP contribution >= 0.6 is 11.3 Å². The topological polar surface area (TPSA) is 53.7 Å². The summed E-state index contributed by atoms with van der Waals surface area (Å²) >= 11 is 1.66. The Morgan fingerprint density at radius 3 is 2.00 bits per heavy atom. The van der Waals surface area contributed by atoms with Crippen molar-refractivity contribution in [2.75, 3.05) is 0 Å². The summed E-state index contributed by atoms with van der Waals surface area (Å²) in [6.07, 6.45) is 4.26. The molecule has 5 heteroatoms. The van der Waals surface area contributed by atoms with E-state index in [9.17, 15) is 0 Å². The van der Waals surface area contributed by atoms with Gasteiger partial charge in [0.1, 0.15) is 17.4 Å². The number of ether oxygens (including phenoxy) is 1. The second-order valence-electron chi connectivity index (χ2n) is 9.36. The highest BCUT2D eigenvalue weighted by Gasteiger charge is 2.26. The van der Waals surface area contributed by atoms with Crippen LogP contribution in [0.4, 0.5) is 0 Å². The minimum Gasteiger partial charge on any atom is -0.488 e. The van der Waals surface area contributed by atoms with Crippen LogP contribution in [0.15, 0.2) is 121 Å². The molecule has 7 rings (SSSR count). The van der Waals surface area contributed by atoms with Crippen LogP contribution in [0, 0.1) is 0 Å². The summed E-state index contributed by atoms with van der Waals surface area (Å²) in [5.74, 6) is 0.817. The van der Waals surface area contributed by atoms with E-state index in [1.165, 1.54) is 21.9 Å². The fourth-order valence-corrected chi connectivity index (χ4v) is 6.07. The van der Waals surface area contributed by atoms with E-state index in [2.05, 4.69) is 94.5 Å². The molecule has 0 saturated heterocycles. The predicted molar refractivity (Wildman–Crippen MR) is 156 cm³/mol. The molecule has 3 aromatic heterocycles. The lowest BCUT2D eigenvalue weighted by molar-refractivity contribution is 0.307. The predicted octanol–water partition coefficient (Wildman–Crippen LogP) is 8.53. The summed E-state index contributed by atoms with van der Waals surface area (Å²) in [6, 6.07) is 35.4. The van der Waals surface area contributed by atoms with E-state index in [0.717, 1.165) is 38.6 Å². The van der Waals surface area contributed by atoms with Crippen molar-refractivity contribution in [3.05, 3.63) is 143 Å². The summed E-state index contributed by atoms with van der Waals surface area (Å²) in [5.41, 5.74) is 7.87. The van der Waals surface area contributed by atoms with Crippen molar-refractivity contribution in [1.29, 1.82) is 0 Å². The Balaban J connectivity index is 1.32. The standard InChI is InChI=1S/C33H25N3OS/c1-2-10-22(11-3-1)20-37-31-17-9-6-14-25(31)33-36-30(21-38-33)32(26-18-34-28-15-7-4-12-23(26)28)27-19-35-29-16-8-5-13-24(27)29/h1-19,21,32,34-35H,20H2. The molecule has 0 aliphatic heterocycles. The van der Waals surface area contributed by atoms with Gasteiger partial charge in [-0.25, -0.2) is 4.98 Å². The SMILES string of the molecule is c1ccc(COc2ccccc2-c2nc(C(c3c[nH]c4ccccc34)c3c[nH]c4ccccc34)cs2)cc1. The van der Waals surface area contributed by atoms with Gasteiger partial charge in [0.25, 0.3) is 0 Å². The van der Waals surface area contributed by atoms with Crippen LogP contribution in [0.2, 0.25) is 0 Å². The van der Waals surface area contributed by atoms with Crippen molar-refractivity contribution in [3.8, 4) is 16.3 Å². The maximum Gasteiger partial charge on any atom is 0.130 e. The number of rotatable bonds is 7. The van der Waals surface area contributed by atoms with E-state index in [1.807, 2.05) is 36.4 Å². The second-order valence-corrected chi connectivity index (χ2v) is 10.2. The average Bonchev–Trinajstić information content (AvgIpc) is 3.73. The minimum absolute atomic E-state index is 0.0234. The number of fused-ring (bicyclic) bond motifs is 2. The van der Waals surface area contributed by atoms with Crippen molar-refractivity contribution in [1.82, 2.24) is 15.0 Å². The van der Waals surface area contributed by atoms with Crippen molar-refractivity contribution in [3.63, 3.8) is 0 Å². The maximum absolute atomic E-state index is 6.26. The molecule has 0 unspecified atom stereocenters. The molecule has 38 heavy (non-hydrogen) atoms. The number of H-pyrrole nitrogens is 2. The first-order valence-electron chi connectivity index (χ1n) is 12.7. The number of aromatic nitrogens is 3. The number of nitrogens with one attached hydrogen (secondary N) is 2. The van der Waals surface area contributed by atoms with Crippen LogP contribution in [0.25, 0.3) is 32.4 Å². The van der Waals surface area contributed by atoms with Crippen LogP contribution in [0.5, 0.6) is 5.75 Å². The fraction of sp³-hybridized carbons (Fsp3) is 0.0606. The molecule has 4 nitrogen and oxygen atoms in total. The van der Waals surface area contributed by atoms with Crippen LogP contribution in [0.3, 0.4) is 0 Å². The van der Waals surface area contributed by atoms with Crippen LogP contribution < -0.4 is 4.74 Å². The smallest absolute Gasteiger partial charge is 0.130 e. The quantitative estimate of drug-likeness (QED) is 0.225. The van der Waals surface area contributed by atoms with Gasteiger partial charge in [-0.2, -0.15) is 0 Å². The van der Waals surface area contributed by atoms with Gasteiger partial charge >= 0.3 is 0 Å². The largest absolute Gasteiger partial charge is 0.488 e. The molecule has 0 fully saturated rings. The molecular weight excluding hydrogens is 486 g/mol. The number of thiazole rings is 1. The molecule has 0 aliphatic rings. The molecule has 2 N–H and O–H groups in total. The van der Waals surface area contributed by atoms with E-state index in [-0.39, 0.29) is 5.92 Å². The normalized spacial score (nSPS) is 11.5. The minimum atomic E-state index is -0.0234. The summed E-state index contributed by atoms with van der Waals surface area (Å²) in [6.45, 7) is 0.517. The number of benzene rings is 4. The molecule has 0 radical (unpaired) electrons. The summed E-state index contributed by atoms with van der Waals surface area (Å²) < 4.78 is 6.26. The van der Waals surface area contributed by atoms with Gasteiger partial charge in [-0.3, -0.25) is 0 Å². The Morgan fingerprint density at radius 1 is 0.684 bits per heavy atom. The summed E-state index contributed by atoms with van der Waals surface area (Å²) in [4.78, 5) is 12.2. The molecule has 184 valence electrons. The zero-order valence-electron chi connectivity index (χ0n) is 20.6. The lowest BCUT2D eigenvalue weighted by atomic mass is 9.88. The van der Waals surface area contributed by atoms with Gasteiger partial charge in [-0.05, 0) is 41.0 Å². The molecular formula is C33H25N3OS. The molecule has 0 aliphatic carbocycles. The number of para-hydroxylation sites is 3. The molecule has 0 atom stereocenters. The Bertz CT molecular complexity index is 1770. The van der Waals surface area contributed by atoms with Crippen molar-refractivity contribution < 1.29 is 4.74 Å².